The molecule has 0 spiro atoms. The van der Waals surface area contributed by atoms with E-state index < -0.39 is 0 Å². The van der Waals surface area contributed by atoms with E-state index in [1.165, 1.54) is 67.1 Å². The molecule has 0 atom stereocenters. The van der Waals surface area contributed by atoms with E-state index in [9.17, 15) is 0 Å². The number of rotatable bonds is 3. The molecular formula is C40H39N. The minimum absolute atomic E-state index is 0.0575. The zero-order valence-electron chi connectivity index (χ0n) is 25.3. The average molecular weight is 534 g/mol. The molecule has 2 aliphatic rings. The van der Waals surface area contributed by atoms with Crippen LogP contribution in [0.5, 0.6) is 0 Å². The molecule has 0 N–H and O–H groups in total. The van der Waals surface area contributed by atoms with E-state index in [2.05, 4.69) is 163 Å². The van der Waals surface area contributed by atoms with Crippen LogP contribution in [0.2, 0.25) is 0 Å². The molecule has 0 radical (unpaired) electrons. The Bertz CT molecular complexity index is 1680. The van der Waals surface area contributed by atoms with E-state index in [1.807, 2.05) is 0 Å². The molecule has 7 rings (SSSR count). The molecular weight excluding hydrogens is 494 g/mol. The number of hydrogen-bond acceptors (Lipinski definition) is 1. The number of anilines is 3. The van der Waals surface area contributed by atoms with Gasteiger partial charge in [0, 0.05) is 22.2 Å². The lowest BCUT2D eigenvalue weighted by Crippen LogP contribution is -2.27. The van der Waals surface area contributed by atoms with E-state index in [-0.39, 0.29) is 16.2 Å². The SMILES string of the molecule is CC(C)(C)c1c2c(c(N(c3ccccc3)c3ccccc3)c3c1-c1ccccc1C3(C)C)C(C)(C)c1ccccc1-2. The highest BCUT2D eigenvalue weighted by molar-refractivity contribution is 6.03. The second-order valence-corrected chi connectivity index (χ2v) is 13.8. The zero-order chi connectivity index (χ0) is 28.7. The predicted octanol–water partition coefficient (Wildman–Crippen LogP) is 11.1. The molecule has 5 aromatic rings. The summed E-state index contributed by atoms with van der Waals surface area (Å²) in [5.74, 6) is 0. The standard InChI is InChI=1S/C40H39N/c1-38(2,3)34-32-28-22-14-16-24-30(28)39(4,5)35(32)37(36-33(34)29-23-15-17-25-31(29)40(36,6)7)41(26-18-10-8-11-19-26)27-20-12-9-13-21-27/h8-25H,1-7H3. The summed E-state index contributed by atoms with van der Waals surface area (Å²) in [5, 5.41) is 0. The summed E-state index contributed by atoms with van der Waals surface area (Å²) >= 11 is 0. The van der Waals surface area contributed by atoms with E-state index in [0.29, 0.717) is 0 Å². The van der Waals surface area contributed by atoms with Gasteiger partial charge in [0.05, 0.1) is 5.69 Å². The molecule has 0 heterocycles. The first-order valence-corrected chi connectivity index (χ1v) is 14.9. The molecule has 0 saturated carbocycles. The molecule has 0 bridgehead atoms. The number of hydrogen-bond donors (Lipinski definition) is 0. The van der Waals surface area contributed by atoms with Crippen molar-refractivity contribution in [3.63, 3.8) is 0 Å². The molecule has 0 fully saturated rings. The third kappa shape index (κ3) is 3.54. The molecule has 0 unspecified atom stereocenters. The first-order valence-electron chi connectivity index (χ1n) is 14.9. The average Bonchev–Trinajstić information content (AvgIpc) is 3.34. The van der Waals surface area contributed by atoms with Gasteiger partial charge in [0.25, 0.3) is 0 Å². The van der Waals surface area contributed by atoms with E-state index >= 15 is 0 Å². The third-order valence-corrected chi connectivity index (χ3v) is 9.47. The summed E-state index contributed by atoms with van der Waals surface area (Å²) in [6, 6.07) is 40.2. The van der Waals surface area contributed by atoms with Gasteiger partial charge in [-0.15, -0.1) is 0 Å². The molecule has 0 amide bonds. The highest BCUT2D eigenvalue weighted by atomic mass is 15.2. The number of para-hydroxylation sites is 2. The van der Waals surface area contributed by atoms with Crippen LogP contribution in [0.4, 0.5) is 17.1 Å². The van der Waals surface area contributed by atoms with Gasteiger partial charge in [-0.3, -0.25) is 0 Å². The summed E-state index contributed by atoms with van der Waals surface area (Å²) in [6.07, 6.45) is 0. The molecule has 1 nitrogen and oxygen atoms in total. The lowest BCUT2D eigenvalue weighted by molar-refractivity contribution is 0.587. The van der Waals surface area contributed by atoms with Crippen molar-refractivity contribution in [2.75, 3.05) is 4.90 Å². The maximum absolute atomic E-state index is 2.55. The number of nitrogens with zero attached hydrogens (tertiary/aromatic N) is 1. The Labute approximate surface area is 245 Å². The Balaban J connectivity index is 1.76. The topological polar surface area (TPSA) is 3.24 Å². The highest BCUT2D eigenvalue weighted by Gasteiger charge is 2.49. The van der Waals surface area contributed by atoms with Crippen LogP contribution in [0.3, 0.4) is 0 Å². The van der Waals surface area contributed by atoms with Gasteiger partial charge in [-0.2, -0.15) is 0 Å². The van der Waals surface area contributed by atoms with Gasteiger partial charge in [0.2, 0.25) is 0 Å². The summed E-state index contributed by atoms with van der Waals surface area (Å²) in [7, 11) is 0. The first-order chi connectivity index (χ1) is 19.5. The maximum atomic E-state index is 2.55. The fourth-order valence-corrected chi connectivity index (χ4v) is 7.79. The Morgan fingerprint density at radius 3 is 1.24 bits per heavy atom. The Kier molecular flexibility index (Phi) is 5.48. The van der Waals surface area contributed by atoms with Crippen molar-refractivity contribution in [2.24, 2.45) is 0 Å². The van der Waals surface area contributed by atoms with E-state index in [0.717, 1.165) is 0 Å². The largest absolute Gasteiger partial charge is 0.310 e. The van der Waals surface area contributed by atoms with Crippen molar-refractivity contribution in [3.8, 4) is 22.3 Å². The van der Waals surface area contributed by atoms with Gasteiger partial charge in [-0.25, -0.2) is 0 Å². The Hall–Kier alpha value is -4.10. The molecule has 41 heavy (non-hydrogen) atoms. The van der Waals surface area contributed by atoms with Crippen molar-refractivity contribution >= 4 is 17.1 Å². The third-order valence-electron chi connectivity index (χ3n) is 9.47. The number of fused-ring (bicyclic) bond motifs is 6. The van der Waals surface area contributed by atoms with Gasteiger partial charge in [-0.1, -0.05) is 133 Å². The molecule has 0 saturated heterocycles. The molecule has 204 valence electrons. The van der Waals surface area contributed by atoms with Crippen LogP contribution in [-0.4, -0.2) is 0 Å². The van der Waals surface area contributed by atoms with Crippen LogP contribution in [-0.2, 0) is 16.2 Å². The Morgan fingerprint density at radius 2 is 0.854 bits per heavy atom. The molecule has 1 heteroatoms. The monoisotopic (exact) mass is 533 g/mol. The van der Waals surface area contributed by atoms with Gasteiger partial charge < -0.3 is 4.90 Å². The smallest absolute Gasteiger partial charge is 0.0556 e. The minimum atomic E-state index is -0.178. The lowest BCUT2D eigenvalue weighted by atomic mass is 9.71. The van der Waals surface area contributed by atoms with Crippen LogP contribution >= 0.6 is 0 Å². The van der Waals surface area contributed by atoms with Gasteiger partial charge >= 0.3 is 0 Å². The predicted molar refractivity (Wildman–Crippen MR) is 175 cm³/mol. The molecule has 0 aliphatic heterocycles. The van der Waals surface area contributed by atoms with E-state index in [1.54, 1.807) is 0 Å². The van der Waals surface area contributed by atoms with Crippen molar-refractivity contribution < 1.29 is 0 Å². The highest BCUT2D eigenvalue weighted by Crippen LogP contribution is 2.65. The van der Waals surface area contributed by atoms with Gasteiger partial charge in [-0.05, 0) is 79.8 Å². The van der Waals surface area contributed by atoms with Crippen LogP contribution in [0, 0.1) is 0 Å². The van der Waals surface area contributed by atoms with Crippen LogP contribution in [0.1, 0.15) is 76.3 Å². The summed E-state index contributed by atoms with van der Waals surface area (Å²) in [5.41, 5.74) is 16.1. The first kappa shape index (κ1) is 25.8. The van der Waals surface area contributed by atoms with Crippen molar-refractivity contribution in [3.05, 3.63) is 137 Å². The minimum Gasteiger partial charge on any atom is -0.310 e. The second kappa shape index (κ2) is 8.70. The molecule has 2 aliphatic carbocycles. The molecule has 0 aromatic heterocycles. The quantitative estimate of drug-likeness (QED) is 0.223. The van der Waals surface area contributed by atoms with E-state index in [4.69, 9.17) is 0 Å². The summed E-state index contributed by atoms with van der Waals surface area (Å²) in [4.78, 5) is 2.55. The van der Waals surface area contributed by atoms with Gasteiger partial charge in [0.15, 0.2) is 0 Å². The Morgan fingerprint density at radius 1 is 0.488 bits per heavy atom. The van der Waals surface area contributed by atoms with Crippen molar-refractivity contribution in [2.45, 2.75) is 64.7 Å². The summed E-state index contributed by atoms with van der Waals surface area (Å²) in [6.45, 7) is 16.9. The van der Waals surface area contributed by atoms with Crippen molar-refractivity contribution in [1.29, 1.82) is 0 Å². The number of benzene rings is 5. The maximum Gasteiger partial charge on any atom is 0.0556 e. The second-order valence-electron chi connectivity index (χ2n) is 13.8. The van der Waals surface area contributed by atoms with Crippen LogP contribution < -0.4 is 4.90 Å². The lowest BCUT2D eigenvalue weighted by Gasteiger charge is -2.39. The van der Waals surface area contributed by atoms with Crippen LogP contribution in [0.25, 0.3) is 22.3 Å². The molecule has 5 aromatic carbocycles. The fourth-order valence-electron chi connectivity index (χ4n) is 7.79. The fraction of sp³-hybridized carbons (Fsp3) is 0.250. The zero-order valence-corrected chi connectivity index (χ0v) is 25.3. The van der Waals surface area contributed by atoms with Crippen LogP contribution in [0.15, 0.2) is 109 Å². The summed E-state index contributed by atoms with van der Waals surface area (Å²) < 4.78 is 0. The van der Waals surface area contributed by atoms with Gasteiger partial charge in [0.1, 0.15) is 0 Å². The van der Waals surface area contributed by atoms with Crippen molar-refractivity contribution in [1.82, 2.24) is 0 Å². The normalized spacial score (nSPS) is 15.6.